The van der Waals surface area contributed by atoms with Gasteiger partial charge in [0.25, 0.3) is 5.91 Å². The maximum absolute atomic E-state index is 14.7. The summed E-state index contributed by atoms with van der Waals surface area (Å²) in [5.74, 6) is -0.704. The molecule has 0 fully saturated rings. The molecule has 0 aliphatic carbocycles. The highest BCUT2D eigenvalue weighted by molar-refractivity contribution is 6.02. The van der Waals surface area contributed by atoms with Crippen LogP contribution in [0.5, 0.6) is 0 Å². The molecule has 0 spiro atoms. The van der Waals surface area contributed by atoms with E-state index in [4.69, 9.17) is 4.74 Å². The Bertz CT molecular complexity index is 1170. The molecular formula is C22H22FN3O3. The number of rotatable bonds is 1. The number of aromatic nitrogens is 2. The molecular weight excluding hydrogens is 373 g/mol. The SMILES string of the molecule is CC(C)(C)OC(=O)n1cc(-c2ccc3c(n2)C(C)(C)NC3=O)c2cccc(F)c21. The van der Waals surface area contributed by atoms with Gasteiger partial charge >= 0.3 is 6.09 Å². The van der Waals surface area contributed by atoms with Crippen LogP contribution in [0.15, 0.2) is 36.5 Å². The van der Waals surface area contributed by atoms with Crippen molar-refractivity contribution in [3.63, 3.8) is 0 Å². The van der Waals surface area contributed by atoms with Crippen molar-refractivity contribution in [3.8, 4) is 11.3 Å². The molecule has 0 radical (unpaired) electrons. The maximum Gasteiger partial charge on any atom is 0.419 e. The number of nitrogens with one attached hydrogen (secondary N) is 1. The zero-order chi connectivity index (χ0) is 21.1. The highest BCUT2D eigenvalue weighted by Crippen LogP contribution is 2.35. The maximum atomic E-state index is 14.7. The van der Waals surface area contributed by atoms with Gasteiger partial charge in [0.1, 0.15) is 11.4 Å². The summed E-state index contributed by atoms with van der Waals surface area (Å²) in [6, 6.07) is 8.03. The van der Waals surface area contributed by atoms with E-state index >= 15 is 0 Å². The first kappa shape index (κ1) is 19.1. The topological polar surface area (TPSA) is 73.2 Å². The largest absolute Gasteiger partial charge is 0.443 e. The van der Waals surface area contributed by atoms with E-state index in [2.05, 4.69) is 10.3 Å². The van der Waals surface area contributed by atoms with Crippen LogP contribution in [0.2, 0.25) is 0 Å². The van der Waals surface area contributed by atoms with Crippen molar-refractivity contribution in [2.24, 2.45) is 0 Å². The second-order valence-corrected chi connectivity index (χ2v) is 8.70. The Morgan fingerprint density at radius 3 is 2.59 bits per heavy atom. The predicted molar refractivity (Wildman–Crippen MR) is 107 cm³/mol. The van der Waals surface area contributed by atoms with Crippen molar-refractivity contribution < 1.29 is 18.7 Å². The highest BCUT2D eigenvalue weighted by atomic mass is 19.1. The first-order valence-electron chi connectivity index (χ1n) is 9.35. The molecule has 4 rings (SSSR count). The van der Waals surface area contributed by atoms with Gasteiger partial charge in [0.15, 0.2) is 0 Å². The smallest absolute Gasteiger partial charge is 0.419 e. The van der Waals surface area contributed by atoms with Crippen LogP contribution in [0.3, 0.4) is 0 Å². The van der Waals surface area contributed by atoms with Gasteiger partial charge in [-0.1, -0.05) is 12.1 Å². The quantitative estimate of drug-likeness (QED) is 0.653. The fourth-order valence-electron chi connectivity index (χ4n) is 3.58. The lowest BCUT2D eigenvalue weighted by Gasteiger charge is -2.19. The van der Waals surface area contributed by atoms with E-state index < -0.39 is 23.1 Å². The lowest BCUT2D eigenvalue weighted by atomic mass is 9.99. The number of hydrogen-bond donors (Lipinski definition) is 1. The van der Waals surface area contributed by atoms with Crippen LogP contribution in [-0.4, -0.2) is 27.2 Å². The summed E-state index contributed by atoms with van der Waals surface area (Å²) >= 11 is 0. The van der Waals surface area contributed by atoms with E-state index in [0.717, 1.165) is 0 Å². The molecule has 1 N–H and O–H groups in total. The van der Waals surface area contributed by atoms with Gasteiger partial charge in [0.05, 0.1) is 28.0 Å². The van der Waals surface area contributed by atoms with E-state index in [9.17, 15) is 14.0 Å². The highest BCUT2D eigenvalue weighted by Gasteiger charge is 2.37. The number of carbonyl (C=O) groups excluding carboxylic acids is 2. The summed E-state index contributed by atoms with van der Waals surface area (Å²) in [7, 11) is 0. The van der Waals surface area contributed by atoms with Crippen molar-refractivity contribution in [1.82, 2.24) is 14.9 Å². The molecule has 6 nitrogen and oxygen atoms in total. The number of fused-ring (bicyclic) bond motifs is 2. The molecule has 150 valence electrons. The fourth-order valence-corrected chi connectivity index (χ4v) is 3.58. The van der Waals surface area contributed by atoms with E-state index in [0.29, 0.717) is 27.9 Å². The predicted octanol–water partition coefficient (Wildman–Crippen LogP) is 4.60. The summed E-state index contributed by atoms with van der Waals surface area (Å²) < 4.78 is 21.3. The Morgan fingerprint density at radius 1 is 1.17 bits per heavy atom. The van der Waals surface area contributed by atoms with Gasteiger partial charge in [0.2, 0.25) is 0 Å². The second kappa shape index (κ2) is 6.14. The van der Waals surface area contributed by atoms with Crippen molar-refractivity contribution in [1.29, 1.82) is 0 Å². The standard InChI is InChI=1S/C22H22FN3O3/c1-21(2,3)29-20(28)26-11-14(12-7-6-8-15(23)17(12)26)16-10-9-13-18(24-16)22(4,5)25-19(13)27/h6-11H,1-5H3,(H,25,27). The Morgan fingerprint density at radius 2 is 1.90 bits per heavy atom. The van der Waals surface area contributed by atoms with Crippen LogP contribution in [0.25, 0.3) is 22.2 Å². The van der Waals surface area contributed by atoms with Crippen LogP contribution in [0.1, 0.15) is 50.7 Å². The first-order chi connectivity index (χ1) is 13.5. The van der Waals surface area contributed by atoms with E-state index in [1.165, 1.54) is 16.8 Å². The number of halogens is 1. The van der Waals surface area contributed by atoms with Gasteiger partial charge in [-0.3, -0.25) is 4.79 Å². The minimum Gasteiger partial charge on any atom is -0.443 e. The Hall–Kier alpha value is -3.22. The second-order valence-electron chi connectivity index (χ2n) is 8.70. The third-order valence-corrected chi connectivity index (χ3v) is 4.80. The minimum absolute atomic E-state index is 0.132. The number of nitrogens with zero attached hydrogens (tertiary/aromatic N) is 2. The molecule has 0 unspecified atom stereocenters. The van der Waals surface area contributed by atoms with Gasteiger partial charge < -0.3 is 10.1 Å². The minimum atomic E-state index is -0.721. The van der Waals surface area contributed by atoms with Crippen molar-refractivity contribution in [2.75, 3.05) is 0 Å². The molecule has 1 aromatic carbocycles. The average Bonchev–Trinajstić information content (AvgIpc) is 3.10. The Kier molecular flexibility index (Phi) is 4.05. The lowest BCUT2D eigenvalue weighted by Crippen LogP contribution is -2.33. The monoisotopic (exact) mass is 395 g/mol. The van der Waals surface area contributed by atoms with Crippen molar-refractivity contribution in [3.05, 3.63) is 53.6 Å². The molecule has 0 bridgehead atoms. The number of ether oxygens (including phenoxy) is 1. The van der Waals surface area contributed by atoms with E-state index in [-0.39, 0.29) is 11.4 Å². The van der Waals surface area contributed by atoms with Gasteiger partial charge in [0, 0.05) is 17.1 Å². The number of para-hydroxylation sites is 1. The van der Waals surface area contributed by atoms with E-state index in [1.54, 1.807) is 45.0 Å². The zero-order valence-corrected chi connectivity index (χ0v) is 17.0. The van der Waals surface area contributed by atoms with E-state index in [1.807, 2.05) is 13.8 Å². The van der Waals surface area contributed by atoms with Gasteiger partial charge in [-0.2, -0.15) is 0 Å². The van der Waals surface area contributed by atoms with Gasteiger partial charge in [-0.15, -0.1) is 0 Å². The lowest BCUT2D eigenvalue weighted by molar-refractivity contribution is 0.0543. The van der Waals surface area contributed by atoms with Gasteiger partial charge in [-0.25, -0.2) is 18.7 Å². The number of benzene rings is 1. The summed E-state index contributed by atoms with van der Waals surface area (Å²) in [6.45, 7) is 9.00. The van der Waals surface area contributed by atoms with Crippen LogP contribution < -0.4 is 5.32 Å². The van der Waals surface area contributed by atoms with Crippen LogP contribution >= 0.6 is 0 Å². The molecule has 29 heavy (non-hydrogen) atoms. The summed E-state index contributed by atoms with van der Waals surface area (Å²) in [6.07, 6.45) is 0.866. The number of pyridine rings is 1. The van der Waals surface area contributed by atoms with Crippen molar-refractivity contribution in [2.45, 2.75) is 45.8 Å². The number of hydrogen-bond acceptors (Lipinski definition) is 4. The Balaban J connectivity index is 1.92. The van der Waals surface area contributed by atoms with Gasteiger partial charge in [-0.05, 0) is 52.8 Å². The molecule has 0 saturated heterocycles. The molecule has 2 aromatic heterocycles. The number of carbonyl (C=O) groups is 2. The van der Waals surface area contributed by atoms with Crippen LogP contribution in [0.4, 0.5) is 9.18 Å². The molecule has 1 amide bonds. The van der Waals surface area contributed by atoms with Crippen LogP contribution in [0, 0.1) is 5.82 Å². The molecule has 1 aliphatic rings. The average molecular weight is 395 g/mol. The molecule has 3 aromatic rings. The summed E-state index contributed by atoms with van der Waals surface area (Å²) in [5, 5.41) is 3.43. The normalized spacial score (nSPS) is 15.3. The third kappa shape index (κ3) is 3.16. The van der Waals surface area contributed by atoms with Crippen LogP contribution in [-0.2, 0) is 10.3 Å². The molecule has 0 atom stereocenters. The zero-order valence-electron chi connectivity index (χ0n) is 17.0. The fraction of sp³-hybridized carbons (Fsp3) is 0.318. The molecule has 1 aliphatic heterocycles. The third-order valence-electron chi connectivity index (χ3n) is 4.80. The molecule has 0 saturated carbocycles. The summed E-state index contributed by atoms with van der Waals surface area (Å²) in [4.78, 5) is 29.5. The first-order valence-corrected chi connectivity index (χ1v) is 9.35. The summed E-state index contributed by atoms with van der Waals surface area (Å²) in [5.41, 5.74) is 1.07. The van der Waals surface area contributed by atoms with Crippen molar-refractivity contribution >= 4 is 22.9 Å². The number of amides is 1. The Labute approximate surface area is 167 Å². The molecule has 3 heterocycles. The molecule has 7 heteroatoms.